The van der Waals surface area contributed by atoms with Crippen LogP contribution in [0.1, 0.15) is 10.4 Å². The average molecular weight is 332 g/mol. The zero-order valence-electron chi connectivity index (χ0n) is 12.0. The Morgan fingerprint density at radius 1 is 1.22 bits per heavy atom. The molecule has 0 spiro atoms. The van der Waals surface area contributed by atoms with Gasteiger partial charge in [0.25, 0.3) is 11.8 Å². The summed E-state index contributed by atoms with van der Waals surface area (Å²) < 4.78 is 5.61. The van der Waals surface area contributed by atoms with Crippen molar-refractivity contribution in [3.8, 4) is 5.75 Å². The van der Waals surface area contributed by atoms with Gasteiger partial charge in [0.05, 0.1) is 12.2 Å². The van der Waals surface area contributed by atoms with Gasteiger partial charge in [-0.05, 0) is 30.3 Å². The Kier molecular flexibility index (Phi) is 4.18. The number of fused-ring (bicyclic) bond motifs is 1. The molecule has 0 unspecified atom stereocenters. The van der Waals surface area contributed by atoms with Crippen molar-refractivity contribution >= 4 is 29.1 Å². The largest absolute Gasteiger partial charge is 0.476 e. The first kappa shape index (κ1) is 15.3. The highest BCUT2D eigenvalue weighted by Gasteiger charge is 2.33. The number of hydrogen-bond donors (Lipinski definition) is 2. The van der Waals surface area contributed by atoms with Crippen LogP contribution in [-0.4, -0.2) is 24.5 Å². The van der Waals surface area contributed by atoms with Crippen molar-refractivity contribution in [2.75, 3.05) is 11.4 Å². The number of rotatable bonds is 2. The van der Waals surface area contributed by atoms with Crippen LogP contribution in [0, 0.1) is 0 Å². The lowest BCUT2D eigenvalue weighted by molar-refractivity contribution is -0.127. The molecule has 118 valence electrons. The molecule has 3 N–H and O–H groups in total. The van der Waals surface area contributed by atoms with Crippen LogP contribution < -0.4 is 20.9 Å². The number of carbonyl (C=O) groups excluding carboxylic acids is 2. The number of halogens is 1. The maximum atomic E-state index is 12.8. The highest BCUT2D eigenvalue weighted by Crippen LogP contribution is 2.34. The molecule has 0 saturated carbocycles. The first-order valence-electron chi connectivity index (χ1n) is 6.93. The van der Waals surface area contributed by atoms with Crippen molar-refractivity contribution in [1.29, 1.82) is 0 Å². The summed E-state index contributed by atoms with van der Waals surface area (Å²) in [5.74, 6) is 4.86. The number of nitrogens with two attached hydrogens (primary N) is 1. The van der Waals surface area contributed by atoms with E-state index >= 15 is 0 Å². The lowest BCUT2D eigenvalue weighted by atomic mass is 10.1. The molecule has 0 aliphatic carbocycles. The van der Waals surface area contributed by atoms with Gasteiger partial charge in [0.2, 0.25) is 0 Å². The normalized spacial score (nSPS) is 16.3. The molecule has 23 heavy (non-hydrogen) atoms. The molecule has 3 rings (SSSR count). The molecule has 0 saturated heterocycles. The van der Waals surface area contributed by atoms with Crippen molar-refractivity contribution in [2.45, 2.75) is 6.10 Å². The molecule has 2 aromatic rings. The van der Waals surface area contributed by atoms with Gasteiger partial charge in [-0.3, -0.25) is 15.0 Å². The maximum Gasteiger partial charge on any atom is 0.276 e. The summed E-state index contributed by atoms with van der Waals surface area (Å²) in [5.41, 5.74) is 3.08. The lowest BCUT2D eigenvalue weighted by Gasteiger charge is -2.34. The van der Waals surface area contributed by atoms with E-state index in [9.17, 15) is 9.59 Å². The SMILES string of the molecule is NNC(=O)[C@H]1CN(C(=O)c2cccc(Cl)c2)c2ccccc2O1. The van der Waals surface area contributed by atoms with Crippen LogP contribution in [0.2, 0.25) is 5.02 Å². The van der Waals surface area contributed by atoms with E-state index in [4.69, 9.17) is 22.2 Å². The summed E-state index contributed by atoms with van der Waals surface area (Å²) in [6.45, 7) is 0.0609. The summed E-state index contributed by atoms with van der Waals surface area (Å²) in [7, 11) is 0. The molecule has 2 amide bonds. The predicted octanol–water partition coefficient (Wildman–Crippen LogP) is 1.74. The van der Waals surface area contributed by atoms with Crippen molar-refractivity contribution < 1.29 is 14.3 Å². The topological polar surface area (TPSA) is 84.7 Å². The molecule has 0 radical (unpaired) electrons. The Hall–Kier alpha value is -2.57. The highest BCUT2D eigenvalue weighted by molar-refractivity contribution is 6.31. The smallest absolute Gasteiger partial charge is 0.276 e. The van der Waals surface area contributed by atoms with Crippen LogP contribution in [0.3, 0.4) is 0 Å². The fraction of sp³-hybridized carbons (Fsp3) is 0.125. The monoisotopic (exact) mass is 331 g/mol. The number of hydrogen-bond acceptors (Lipinski definition) is 4. The second-order valence-electron chi connectivity index (χ2n) is 5.01. The van der Waals surface area contributed by atoms with Gasteiger partial charge in [-0.15, -0.1) is 0 Å². The van der Waals surface area contributed by atoms with E-state index in [1.165, 1.54) is 4.90 Å². The van der Waals surface area contributed by atoms with Gasteiger partial charge in [0, 0.05) is 10.6 Å². The van der Waals surface area contributed by atoms with E-state index in [0.29, 0.717) is 22.0 Å². The first-order valence-corrected chi connectivity index (χ1v) is 7.31. The molecule has 0 bridgehead atoms. The predicted molar refractivity (Wildman–Crippen MR) is 86.3 cm³/mol. The van der Waals surface area contributed by atoms with Gasteiger partial charge in [-0.25, -0.2) is 5.84 Å². The Morgan fingerprint density at radius 2 is 2.00 bits per heavy atom. The zero-order chi connectivity index (χ0) is 16.4. The van der Waals surface area contributed by atoms with Crippen LogP contribution in [0.4, 0.5) is 5.69 Å². The quantitative estimate of drug-likeness (QED) is 0.498. The van der Waals surface area contributed by atoms with E-state index in [-0.39, 0.29) is 12.5 Å². The number of benzene rings is 2. The van der Waals surface area contributed by atoms with Gasteiger partial charge in [-0.2, -0.15) is 0 Å². The Labute approximate surface area is 137 Å². The minimum absolute atomic E-state index is 0.0609. The van der Waals surface area contributed by atoms with Gasteiger partial charge >= 0.3 is 0 Å². The fourth-order valence-electron chi connectivity index (χ4n) is 2.43. The maximum absolute atomic E-state index is 12.8. The summed E-state index contributed by atoms with van der Waals surface area (Å²) in [5, 5.41) is 0.466. The van der Waals surface area contributed by atoms with Gasteiger partial charge in [0.15, 0.2) is 6.10 Å². The van der Waals surface area contributed by atoms with Crippen LogP contribution >= 0.6 is 11.6 Å². The van der Waals surface area contributed by atoms with E-state index in [1.807, 2.05) is 0 Å². The number of amides is 2. The Morgan fingerprint density at radius 3 is 2.74 bits per heavy atom. The molecule has 0 aromatic heterocycles. The molecule has 1 heterocycles. The summed E-state index contributed by atoms with van der Waals surface area (Å²) >= 11 is 5.95. The van der Waals surface area contributed by atoms with Crippen molar-refractivity contribution in [1.82, 2.24) is 5.43 Å². The van der Waals surface area contributed by atoms with Gasteiger partial charge in [0.1, 0.15) is 5.75 Å². The third-order valence-corrected chi connectivity index (χ3v) is 3.76. The average Bonchev–Trinajstić information content (AvgIpc) is 2.59. The van der Waals surface area contributed by atoms with Crippen LogP contribution in [0.5, 0.6) is 5.75 Å². The number of nitrogens with zero attached hydrogens (tertiary/aromatic N) is 1. The molecular weight excluding hydrogens is 318 g/mol. The first-order chi connectivity index (χ1) is 11.1. The highest BCUT2D eigenvalue weighted by atomic mass is 35.5. The number of carbonyl (C=O) groups is 2. The summed E-state index contributed by atoms with van der Waals surface area (Å²) in [6, 6.07) is 13.7. The van der Waals surface area contributed by atoms with Crippen molar-refractivity contribution in [3.05, 3.63) is 59.1 Å². The number of nitrogens with one attached hydrogen (secondary N) is 1. The van der Waals surface area contributed by atoms with E-state index in [0.717, 1.165) is 0 Å². The Balaban J connectivity index is 1.99. The minimum Gasteiger partial charge on any atom is -0.476 e. The molecular formula is C16H14ClN3O3. The fourth-order valence-corrected chi connectivity index (χ4v) is 2.62. The number of hydrazine groups is 1. The zero-order valence-corrected chi connectivity index (χ0v) is 12.8. The molecule has 1 atom stereocenters. The second-order valence-corrected chi connectivity index (χ2v) is 5.45. The number of ether oxygens (including phenoxy) is 1. The van der Waals surface area contributed by atoms with Crippen molar-refractivity contribution in [3.63, 3.8) is 0 Å². The van der Waals surface area contributed by atoms with Gasteiger partial charge in [-0.1, -0.05) is 29.8 Å². The molecule has 0 fully saturated rings. The van der Waals surface area contributed by atoms with Crippen LogP contribution in [0.15, 0.2) is 48.5 Å². The van der Waals surface area contributed by atoms with Crippen LogP contribution in [0.25, 0.3) is 0 Å². The third kappa shape index (κ3) is 2.99. The van der Waals surface area contributed by atoms with Crippen LogP contribution in [-0.2, 0) is 4.79 Å². The van der Waals surface area contributed by atoms with E-state index in [2.05, 4.69) is 5.43 Å². The molecule has 1 aliphatic heterocycles. The molecule has 6 nitrogen and oxygen atoms in total. The lowest BCUT2D eigenvalue weighted by Crippen LogP contribution is -2.52. The third-order valence-electron chi connectivity index (χ3n) is 3.53. The minimum atomic E-state index is -0.877. The second kappa shape index (κ2) is 6.28. The molecule has 7 heteroatoms. The standard InChI is InChI=1S/C16H14ClN3O3/c17-11-5-3-4-10(8-11)16(22)20-9-14(15(21)19-18)23-13-7-2-1-6-12(13)20/h1-8,14H,9,18H2,(H,19,21)/t14-/m1/s1. The van der Waals surface area contributed by atoms with E-state index in [1.54, 1.807) is 48.5 Å². The molecule has 1 aliphatic rings. The molecule has 2 aromatic carbocycles. The van der Waals surface area contributed by atoms with Gasteiger partial charge < -0.3 is 9.64 Å². The van der Waals surface area contributed by atoms with Crippen molar-refractivity contribution in [2.24, 2.45) is 5.84 Å². The summed E-state index contributed by atoms with van der Waals surface area (Å²) in [6.07, 6.45) is -0.877. The van der Waals surface area contributed by atoms with E-state index < -0.39 is 12.0 Å². The Bertz CT molecular complexity index is 766. The number of anilines is 1. The summed E-state index contributed by atoms with van der Waals surface area (Å²) in [4.78, 5) is 26.1. The number of para-hydroxylation sites is 2.